The van der Waals surface area contributed by atoms with Gasteiger partial charge in [0.2, 0.25) is 0 Å². The molecule has 1 rings (SSSR count). The molecule has 4 heteroatoms. The van der Waals surface area contributed by atoms with Crippen LogP contribution in [0.2, 0.25) is 5.02 Å². The topological polar surface area (TPSA) is 41.1 Å². The number of carbonyl (C=O) groups is 1. The lowest BCUT2D eigenvalue weighted by molar-refractivity contribution is 0.252. The zero-order valence-corrected chi connectivity index (χ0v) is 19.4. The molecule has 0 atom stereocenters. The number of urea groups is 1. The van der Waals surface area contributed by atoms with Gasteiger partial charge in [-0.05, 0) is 30.7 Å². The molecule has 0 saturated heterocycles. The fourth-order valence-corrected chi connectivity index (χ4v) is 3.71. The first-order valence-corrected chi connectivity index (χ1v) is 12.4. The molecule has 0 aromatic heterocycles. The van der Waals surface area contributed by atoms with Crippen molar-refractivity contribution in [1.82, 2.24) is 5.32 Å². The molecule has 0 spiro atoms. The van der Waals surface area contributed by atoms with Crippen LogP contribution in [0.25, 0.3) is 0 Å². The normalized spacial score (nSPS) is 10.8. The maximum atomic E-state index is 11.8. The third-order valence-electron chi connectivity index (χ3n) is 5.42. The minimum absolute atomic E-state index is 0.145. The molecule has 29 heavy (non-hydrogen) atoms. The average molecular weight is 423 g/mol. The largest absolute Gasteiger partial charge is 0.338 e. The van der Waals surface area contributed by atoms with Gasteiger partial charge >= 0.3 is 6.03 Å². The summed E-state index contributed by atoms with van der Waals surface area (Å²) in [5, 5.41) is 6.40. The summed E-state index contributed by atoms with van der Waals surface area (Å²) in [7, 11) is 0. The lowest BCUT2D eigenvalue weighted by Gasteiger charge is -2.07. The van der Waals surface area contributed by atoms with E-state index in [0.717, 1.165) is 18.7 Å². The third kappa shape index (κ3) is 16.3. The lowest BCUT2D eigenvalue weighted by Crippen LogP contribution is -2.29. The molecule has 0 heterocycles. The van der Waals surface area contributed by atoms with Gasteiger partial charge in [-0.3, -0.25) is 0 Å². The van der Waals surface area contributed by atoms with Gasteiger partial charge in [-0.2, -0.15) is 0 Å². The zero-order valence-electron chi connectivity index (χ0n) is 18.6. The van der Waals surface area contributed by atoms with Crippen molar-refractivity contribution in [1.29, 1.82) is 0 Å². The van der Waals surface area contributed by atoms with Crippen molar-refractivity contribution in [2.45, 2.75) is 110 Å². The minimum atomic E-state index is -0.145. The monoisotopic (exact) mass is 422 g/mol. The number of benzene rings is 1. The van der Waals surface area contributed by atoms with Crippen LogP contribution in [0, 0.1) is 0 Å². The van der Waals surface area contributed by atoms with Crippen molar-refractivity contribution < 1.29 is 4.79 Å². The number of unbranched alkanes of at least 4 members (excludes halogenated alkanes) is 15. The van der Waals surface area contributed by atoms with Crippen LogP contribution in [0.3, 0.4) is 0 Å². The molecular weight excluding hydrogens is 380 g/mol. The average Bonchev–Trinajstić information content (AvgIpc) is 2.72. The van der Waals surface area contributed by atoms with Crippen LogP contribution >= 0.6 is 11.6 Å². The Hall–Kier alpha value is -1.22. The maximum absolute atomic E-state index is 11.8. The number of nitrogens with one attached hydrogen (secondary N) is 2. The Morgan fingerprint density at radius 3 is 1.55 bits per heavy atom. The Morgan fingerprint density at radius 2 is 1.10 bits per heavy atom. The van der Waals surface area contributed by atoms with Crippen molar-refractivity contribution >= 4 is 23.3 Å². The Bertz CT molecular complexity index is 504. The predicted molar refractivity (Wildman–Crippen MR) is 128 cm³/mol. The summed E-state index contributed by atoms with van der Waals surface area (Å²) in [4.78, 5) is 11.8. The van der Waals surface area contributed by atoms with E-state index in [4.69, 9.17) is 11.6 Å². The second-order valence-corrected chi connectivity index (χ2v) is 8.63. The quantitative estimate of drug-likeness (QED) is 0.228. The molecule has 2 N–H and O–H groups in total. The first-order chi connectivity index (χ1) is 14.2. The number of anilines is 1. The molecule has 0 aliphatic heterocycles. The summed E-state index contributed by atoms with van der Waals surface area (Å²) in [6, 6.07) is 7.00. The van der Waals surface area contributed by atoms with Gasteiger partial charge in [-0.1, -0.05) is 115 Å². The van der Waals surface area contributed by atoms with Crippen molar-refractivity contribution in [3.63, 3.8) is 0 Å². The number of carbonyl (C=O) groups excluding carboxylic acids is 1. The highest BCUT2D eigenvalue weighted by Gasteiger charge is 2.01. The van der Waals surface area contributed by atoms with Crippen LogP contribution in [0.4, 0.5) is 10.5 Å². The summed E-state index contributed by atoms with van der Waals surface area (Å²) < 4.78 is 0. The van der Waals surface area contributed by atoms with Gasteiger partial charge in [0.05, 0.1) is 0 Å². The van der Waals surface area contributed by atoms with E-state index in [1.54, 1.807) is 24.3 Å². The summed E-state index contributed by atoms with van der Waals surface area (Å²) in [5.74, 6) is 0. The first kappa shape index (κ1) is 25.8. The molecule has 3 nitrogen and oxygen atoms in total. The van der Waals surface area contributed by atoms with E-state index in [2.05, 4.69) is 17.6 Å². The molecule has 0 saturated carbocycles. The zero-order chi connectivity index (χ0) is 21.0. The van der Waals surface area contributed by atoms with E-state index in [9.17, 15) is 4.79 Å². The van der Waals surface area contributed by atoms with Gasteiger partial charge in [-0.25, -0.2) is 4.79 Å². The Labute approximate surface area is 184 Å². The molecule has 0 unspecified atom stereocenters. The molecule has 2 amide bonds. The third-order valence-corrected chi connectivity index (χ3v) is 5.67. The highest BCUT2D eigenvalue weighted by atomic mass is 35.5. The van der Waals surface area contributed by atoms with Crippen LogP contribution in [0.15, 0.2) is 24.3 Å². The fraction of sp³-hybridized carbons (Fsp3) is 0.720. The van der Waals surface area contributed by atoms with Crippen molar-refractivity contribution in [3.8, 4) is 0 Å². The fourth-order valence-electron chi connectivity index (χ4n) is 3.58. The lowest BCUT2D eigenvalue weighted by atomic mass is 10.0. The van der Waals surface area contributed by atoms with Gasteiger partial charge in [0.1, 0.15) is 0 Å². The Kier molecular flexibility index (Phi) is 16.7. The summed E-state index contributed by atoms with van der Waals surface area (Å²) >= 11 is 5.84. The molecule has 0 fully saturated rings. The van der Waals surface area contributed by atoms with E-state index < -0.39 is 0 Å². The highest BCUT2D eigenvalue weighted by Crippen LogP contribution is 2.14. The molecule has 0 radical (unpaired) electrons. The summed E-state index contributed by atoms with van der Waals surface area (Å²) in [6.07, 6.45) is 21.8. The highest BCUT2D eigenvalue weighted by molar-refractivity contribution is 6.30. The predicted octanol–water partition coefficient (Wildman–Crippen LogP) is 8.72. The number of rotatable bonds is 18. The van der Waals surface area contributed by atoms with Crippen molar-refractivity contribution in [2.24, 2.45) is 0 Å². The standard InChI is InChI=1S/C25H43ClN2O/c1-2-3-4-5-6-7-8-9-10-11-12-13-14-15-16-17-22-27-25(29)28-24-20-18-23(26)19-21-24/h18-21H,2-17,22H2,1H3,(H2,27,28,29). The van der Waals surface area contributed by atoms with Crippen molar-refractivity contribution in [3.05, 3.63) is 29.3 Å². The molecule has 1 aromatic rings. The van der Waals surface area contributed by atoms with E-state index in [1.807, 2.05) is 0 Å². The van der Waals surface area contributed by atoms with Crippen LogP contribution < -0.4 is 10.6 Å². The van der Waals surface area contributed by atoms with Crippen LogP contribution in [-0.4, -0.2) is 12.6 Å². The van der Waals surface area contributed by atoms with Gasteiger partial charge in [-0.15, -0.1) is 0 Å². The van der Waals surface area contributed by atoms with E-state index in [0.29, 0.717) is 5.02 Å². The SMILES string of the molecule is CCCCCCCCCCCCCCCCCCNC(=O)Nc1ccc(Cl)cc1. The van der Waals surface area contributed by atoms with Gasteiger partial charge in [0.15, 0.2) is 0 Å². The molecule has 0 aliphatic rings. The maximum Gasteiger partial charge on any atom is 0.319 e. The molecule has 0 aliphatic carbocycles. The summed E-state index contributed by atoms with van der Waals surface area (Å²) in [6.45, 7) is 3.01. The number of halogens is 1. The van der Waals surface area contributed by atoms with Gasteiger partial charge in [0, 0.05) is 17.3 Å². The summed E-state index contributed by atoms with van der Waals surface area (Å²) in [5.41, 5.74) is 0.763. The number of hydrogen-bond donors (Lipinski definition) is 2. The molecule has 0 bridgehead atoms. The second kappa shape index (κ2) is 18.8. The molecular formula is C25H43ClN2O. The number of hydrogen-bond acceptors (Lipinski definition) is 1. The smallest absolute Gasteiger partial charge is 0.319 e. The first-order valence-electron chi connectivity index (χ1n) is 12.0. The van der Waals surface area contributed by atoms with E-state index in [1.165, 1.54) is 96.3 Å². The van der Waals surface area contributed by atoms with Crippen LogP contribution in [-0.2, 0) is 0 Å². The Morgan fingerprint density at radius 1 is 0.690 bits per heavy atom. The van der Waals surface area contributed by atoms with Crippen LogP contribution in [0.5, 0.6) is 0 Å². The van der Waals surface area contributed by atoms with Gasteiger partial charge < -0.3 is 10.6 Å². The van der Waals surface area contributed by atoms with Crippen molar-refractivity contribution in [2.75, 3.05) is 11.9 Å². The molecule has 1 aromatic carbocycles. The Balaban J connectivity index is 1.77. The molecule has 166 valence electrons. The second-order valence-electron chi connectivity index (χ2n) is 8.19. The van der Waals surface area contributed by atoms with Crippen LogP contribution in [0.1, 0.15) is 110 Å². The van der Waals surface area contributed by atoms with E-state index >= 15 is 0 Å². The van der Waals surface area contributed by atoms with E-state index in [-0.39, 0.29) is 6.03 Å². The van der Waals surface area contributed by atoms with Gasteiger partial charge in [0.25, 0.3) is 0 Å². The number of amides is 2. The minimum Gasteiger partial charge on any atom is -0.338 e.